The average Bonchev–Trinajstić information content (AvgIpc) is 3.17. The number of benzene rings is 2. The number of rotatable bonds is 6. The highest BCUT2D eigenvalue weighted by Gasteiger charge is 2.24. The fraction of sp³-hybridized carbons (Fsp3) is 0.238. The minimum Gasteiger partial charge on any atom is -0.350 e. The van der Waals surface area contributed by atoms with E-state index in [0.717, 1.165) is 17.5 Å². The van der Waals surface area contributed by atoms with Crippen LogP contribution < -0.4 is 0 Å². The highest BCUT2D eigenvalue weighted by Crippen LogP contribution is 2.21. The van der Waals surface area contributed by atoms with Gasteiger partial charge in [0.2, 0.25) is 5.76 Å². The predicted octanol–water partition coefficient (Wildman–Crippen LogP) is 4.78. The second-order valence-electron chi connectivity index (χ2n) is 6.12. The SMILES string of the molecule is CCC(C)N(Cc1ccccc1)C(=O)c1cc(-c2ccccc2)no1. The van der Waals surface area contributed by atoms with Crippen molar-refractivity contribution in [3.8, 4) is 11.3 Å². The van der Waals surface area contributed by atoms with Gasteiger partial charge in [-0.1, -0.05) is 72.7 Å². The summed E-state index contributed by atoms with van der Waals surface area (Å²) in [6.45, 7) is 4.68. The summed E-state index contributed by atoms with van der Waals surface area (Å²) in [5.41, 5.74) is 2.70. The van der Waals surface area contributed by atoms with Crippen molar-refractivity contribution in [3.05, 3.63) is 78.1 Å². The third-order valence-corrected chi connectivity index (χ3v) is 4.37. The van der Waals surface area contributed by atoms with Crippen molar-refractivity contribution < 1.29 is 9.32 Å². The van der Waals surface area contributed by atoms with Crippen LogP contribution in [-0.4, -0.2) is 22.0 Å². The van der Waals surface area contributed by atoms with E-state index in [1.165, 1.54) is 0 Å². The van der Waals surface area contributed by atoms with Crippen LogP contribution in [0.1, 0.15) is 36.4 Å². The minimum absolute atomic E-state index is 0.109. The zero-order chi connectivity index (χ0) is 17.6. The van der Waals surface area contributed by atoms with E-state index in [4.69, 9.17) is 4.52 Å². The van der Waals surface area contributed by atoms with Crippen LogP contribution in [0.5, 0.6) is 0 Å². The maximum atomic E-state index is 13.0. The molecule has 1 heterocycles. The van der Waals surface area contributed by atoms with E-state index in [-0.39, 0.29) is 17.7 Å². The summed E-state index contributed by atoms with van der Waals surface area (Å²) in [6, 6.07) is 21.5. The zero-order valence-corrected chi connectivity index (χ0v) is 14.6. The normalized spacial score (nSPS) is 11.9. The predicted molar refractivity (Wildman–Crippen MR) is 98.0 cm³/mol. The summed E-state index contributed by atoms with van der Waals surface area (Å²) < 4.78 is 5.35. The Hall–Kier alpha value is -2.88. The second-order valence-corrected chi connectivity index (χ2v) is 6.12. The Kier molecular flexibility index (Phi) is 5.29. The number of hydrogen-bond acceptors (Lipinski definition) is 3. The van der Waals surface area contributed by atoms with Gasteiger partial charge in [-0.05, 0) is 18.9 Å². The number of amides is 1. The van der Waals surface area contributed by atoms with E-state index in [1.54, 1.807) is 6.07 Å². The first-order chi connectivity index (χ1) is 12.2. The van der Waals surface area contributed by atoms with Gasteiger partial charge in [0, 0.05) is 24.2 Å². The molecule has 0 N–H and O–H groups in total. The molecule has 2 aromatic carbocycles. The van der Waals surface area contributed by atoms with Crippen molar-refractivity contribution in [2.24, 2.45) is 0 Å². The van der Waals surface area contributed by atoms with Gasteiger partial charge in [-0.2, -0.15) is 0 Å². The molecule has 1 aromatic heterocycles. The standard InChI is InChI=1S/C21H22N2O2/c1-3-16(2)23(15-17-10-6-4-7-11-17)21(24)20-14-19(22-25-20)18-12-8-5-9-13-18/h4-14,16H,3,15H2,1-2H3. The Morgan fingerprint density at radius 1 is 1.08 bits per heavy atom. The topological polar surface area (TPSA) is 46.3 Å². The van der Waals surface area contributed by atoms with E-state index in [1.807, 2.05) is 65.6 Å². The number of nitrogens with zero attached hydrogens (tertiary/aromatic N) is 2. The van der Waals surface area contributed by atoms with Gasteiger partial charge < -0.3 is 9.42 Å². The smallest absolute Gasteiger partial charge is 0.293 e. The molecule has 0 bridgehead atoms. The molecule has 0 radical (unpaired) electrons. The monoisotopic (exact) mass is 334 g/mol. The molecule has 1 unspecified atom stereocenters. The van der Waals surface area contributed by atoms with Gasteiger partial charge in [0.25, 0.3) is 5.91 Å². The maximum Gasteiger partial charge on any atom is 0.293 e. The highest BCUT2D eigenvalue weighted by atomic mass is 16.5. The fourth-order valence-electron chi connectivity index (χ4n) is 2.69. The summed E-state index contributed by atoms with van der Waals surface area (Å²) in [5, 5.41) is 4.06. The Bertz CT molecular complexity index is 812. The van der Waals surface area contributed by atoms with Gasteiger partial charge in [0.05, 0.1) is 0 Å². The Balaban J connectivity index is 1.84. The number of hydrogen-bond donors (Lipinski definition) is 0. The van der Waals surface area contributed by atoms with Crippen molar-refractivity contribution in [2.75, 3.05) is 0 Å². The van der Waals surface area contributed by atoms with Crippen LogP contribution in [0.2, 0.25) is 0 Å². The van der Waals surface area contributed by atoms with E-state index >= 15 is 0 Å². The lowest BCUT2D eigenvalue weighted by Gasteiger charge is -2.27. The summed E-state index contributed by atoms with van der Waals surface area (Å²) in [6.07, 6.45) is 0.873. The van der Waals surface area contributed by atoms with Gasteiger partial charge in [0.15, 0.2) is 0 Å². The van der Waals surface area contributed by atoms with Gasteiger partial charge in [-0.3, -0.25) is 4.79 Å². The van der Waals surface area contributed by atoms with Crippen molar-refractivity contribution in [1.82, 2.24) is 10.1 Å². The van der Waals surface area contributed by atoms with Crippen LogP contribution in [0.4, 0.5) is 0 Å². The average molecular weight is 334 g/mol. The molecule has 0 fully saturated rings. The molecule has 0 saturated heterocycles. The van der Waals surface area contributed by atoms with Crippen LogP contribution >= 0.6 is 0 Å². The number of carbonyl (C=O) groups excluding carboxylic acids is 1. The van der Waals surface area contributed by atoms with Gasteiger partial charge in [-0.15, -0.1) is 0 Å². The number of carbonyl (C=O) groups is 1. The Morgan fingerprint density at radius 3 is 2.36 bits per heavy atom. The van der Waals surface area contributed by atoms with Crippen LogP contribution in [0, 0.1) is 0 Å². The van der Waals surface area contributed by atoms with Gasteiger partial charge >= 0.3 is 0 Å². The molecule has 0 aliphatic carbocycles. The molecule has 4 nitrogen and oxygen atoms in total. The minimum atomic E-state index is -0.132. The van der Waals surface area contributed by atoms with Crippen molar-refractivity contribution in [3.63, 3.8) is 0 Å². The second kappa shape index (κ2) is 7.79. The number of aromatic nitrogens is 1. The molecular weight excluding hydrogens is 312 g/mol. The molecular formula is C21H22N2O2. The quantitative estimate of drug-likeness (QED) is 0.651. The van der Waals surface area contributed by atoms with Crippen molar-refractivity contribution in [2.45, 2.75) is 32.9 Å². The van der Waals surface area contributed by atoms with Gasteiger partial charge in [0.1, 0.15) is 5.69 Å². The molecule has 4 heteroatoms. The maximum absolute atomic E-state index is 13.0. The summed E-state index contributed by atoms with van der Waals surface area (Å²) in [7, 11) is 0. The molecule has 3 rings (SSSR count). The first kappa shape index (κ1) is 17.0. The van der Waals surface area contributed by atoms with E-state index < -0.39 is 0 Å². The summed E-state index contributed by atoms with van der Waals surface area (Å²) >= 11 is 0. The van der Waals surface area contributed by atoms with Crippen LogP contribution in [-0.2, 0) is 6.54 Å². The Morgan fingerprint density at radius 2 is 1.72 bits per heavy atom. The zero-order valence-electron chi connectivity index (χ0n) is 14.6. The lowest BCUT2D eigenvalue weighted by molar-refractivity contribution is 0.0629. The molecule has 128 valence electrons. The molecule has 0 spiro atoms. The lowest BCUT2D eigenvalue weighted by atomic mass is 10.1. The molecule has 1 atom stereocenters. The highest BCUT2D eigenvalue weighted by molar-refractivity contribution is 5.92. The first-order valence-corrected chi connectivity index (χ1v) is 8.56. The van der Waals surface area contributed by atoms with Crippen LogP contribution in [0.25, 0.3) is 11.3 Å². The van der Waals surface area contributed by atoms with Crippen molar-refractivity contribution in [1.29, 1.82) is 0 Å². The third-order valence-electron chi connectivity index (χ3n) is 4.37. The van der Waals surface area contributed by atoms with Gasteiger partial charge in [-0.25, -0.2) is 0 Å². The molecule has 1 amide bonds. The van der Waals surface area contributed by atoms with Crippen LogP contribution in [0.15, 0.2) is 71.3 Å². The fourth-order valence-corrected chi connectivity index (χ4v) is 2.69. The third kappa shape index (κ3) is 3.97. The van der Waals surface area contributed by atoms with E-state index in [2.05, 4.69) is 19.0 Å². The van der Waals surface area contributed by atoms with Crippen LogP contribution in [0.3, 0.4) is 0 Å². The first-order valence-electron chi connectivity index (χ1n) is 8.56. The molecule has 3 aromatic rings. The van der Waals surface area contributed by atoms with Crippen molar-refractivity contribution >= 4 is 5.91 Å². The van der Waals surface area contributed by atoms with E-state index in [0.29, 0.717) is 12.2 Å². The molecule has 0 aliphatic heterocycles. The summed E-state index contributed by atoms with van der Waals surface area (Å²) in [4.78, 5) is 14.8. The molecule has 25 heavy (non-hydrogen) atoms. The lowest BCUT2D eigenvalue weighted by Crippen LogP contribution is -2.37. The largest absolute Gasteiger partial charge is 0.350 e. The molecule has 0 saturated carbocycles. The Labute approximate surface area is 148 Å². The molecule has 0 aliphatic rings. The summed E-state index contributed by atoms with van der Waals surface area (Å²) in [5.74, 6) is 0.142. The van der Waals surface area contributed by atoms with E-state index in [9.17, 15) is 4.79 Å².